The van der Waals surface area contributed by atoms with Crippen molar-refractivity contribution in [1.29, 1.82) is 0 Å². The van der Waals surface area contributed by atoms with Crippen LogP contribution in [0.5, 0.6) is 0 Å². The molecule has 6 N–H and O–H groups in total. The lowest BCUT2D eigenvalue weighted by molar-refractivity contribution is -0.302. The number of allylic oxidation sites excluding steroid dienone is 11. The lowest BCUT2D eigenvalue weighted by Crippen LogP contribution is -2.60. The molecule has 55 heavy (non-hydrogen) atoms. The van der Waals surface area contributed by atoms with Crippen molar-refractivity contribution in [2.45, 2.75) is 198 Å². The number of aliphatic hydroxyl groups excluding tert-OH is 5. The first-order valence-electron chi connectivity index (χ1n) is 21.7. The summed E-state index contributed by atoms with van der Waals surface area (Å²) in [6.45, 7) is 3.42. The average molecular weight is 774 g/mol. The van der Waals surface area contributed by atoms with E-state index in [0.29, 0.717) is 6.42 Å². The molecule has 0 bridgehead atoms. The van der Waals surface area contributed by atoms with Gasteiger partial charge in [0.2, 0.25) is 5.91 Å². The Morgan fingerprint density at radius 1 is 0.636 bits per heavy atom. The summed E-state index contributed by atoms with van der Waals surface area (Å²) in [6, 6.07) is -0.803. The van der Waals surface area contributed by atoms with Crippen LogP contribution in [-0.2, 0) is 14.3 Å². The Kier molecular flexibility index (Phi) is 33.2. The first kappa shape index (κ1) is 50.6. The van der Waals surface area contributed by atoms with E-state index in [1.807, 2.05) is 13.0 Å². The lowest BCUT2D eigenvalue weighted by Gasteiger charge is -2.40. The zero-order chi connectivity index (χ0) is 40.2. The van der Waals surface area contributed by atoms with Gasteiger partial charge in [0.25, 0.3) is 0 Å². The molecule has 0 aromatic carbocycles. The summed E-state index contributed by atoms with van der Waals surface area (Å²) in [5.74, 6) is -0.195. The maximum atomic E-state index is 12.8. The highest BCUT2D eigenvalue weighted by Gasteiger charge is 2.44. The van der Waals surface area contributed by atoms with Gasteiger partial charge < -0.3 is 40.3 Å². The molecule has 0 radical (unpaired) electrons. The van der Waals surface area contributed by atoms with Crippen molar-refractivity contribution < 1.29 is 39.8 Å². The van der Waals surface area contributed by atoms with Crippen LogP contribution in [0, 0.1) is 0 Å². The highest BCUT2D eigenvalue weighted by molar-refractivity contribution is 5.76. The van der Waals surface area contributed by atoms with Crippen LogP contribution in [0.25, 0.3) is 0 Å². The molecule has 1 saturated heterocycles. The molecule has 7 atom stereocenters. The fraction of sp³-hybridized carbons (Fsp3) is 0.717. The zero-order valence-corrected chi connectivity index (χ0v) is 34.4. The van der Waals surface area contributed by atoms with Gasteiger partial charge in [0.1, 0.15) is 24.4 Å². The number of nitrogens with one attached hydrogen (secondary N) is 1. The van der Waals surface area contributed by atoms with Gasteiger partial charge in [0, 0.05) is 6.42 Å². The van der Waals surface area contributed by atoms with Gasteiger partial charge in [-0.2, -0.15) is 0 Å². The van der Waals surface area contributed by atoms with E-state index in [-0.39, 0.29) is 12.5 Å². The predicted octanol–water partition coefficient (Wildman–Crippen LogP) is 8.61. The lowest BCUT2D eigenvalue weighted by atomic mass is 9.99. The first-order chi connectivity index (χ1) is 26.8. The standard InChI is InChI=1S/C46H79NO8/c1-3-5-7-8-9-10-11-12-13-14-15-16-17-18-19-20-21-22-23-24-25-26-27-28-29-30-31-32-34-36-42(50)47-39(40(49)35-33-6-4-2)38-54-46-45(53)44(52)43(51)41(37-48)55-46/h5,7,9-10,12-13,15-16,18-19,33,35,39-41,43-46,48-49,51-53H,3-4,6,8,11,14,17,20-32,34,36-38H2,1-2H3,(H,47,50)/b7-5-,10-9-,13-12-,16-15-,19-18-,35-33+. The van der Waals surface area contributed by atoms with E-state index in [1.54, 1.807) is 6.08 Å². The molecule has 9 nitrogen and oxygen atoms in total. The third-order valence-electron chi connectivity index (χ3n) is 9.77. The average Bonchev–Trinajstić information content (AvgIpc) is 3.18. The second-order valence-electron chi connectivity index (χ2n) is 14.8. The second kappa shape index (κ2) is 36.0. The van der Waals surface area contributed by atoms with Gasteiger partial charge >= 0.3 is 0 Å². The molecule has 316 valence electrons. The van der Waals surface area contributed by atoms with Crippen LogP contribution in [0.4, 0.5) is 0 Å². The van der Waals surface area contributed by atoms with Gasteiger partial charge in [-0.3, -0.25) is 4.79 Å². The third-order valence-corrected chi connectivity index (χ3v) is 9.77. The molecule has 0 aliphatic carbocycles. The van der Waals surface area contributed by atoms with Gasteiger partial charge in [-0.25, -0.2) is 0 Å². The summed E-state index contributed by atoms with van der Waals surface area (Å²) in [5, 5.41) is 53.3. The number of carbonyl (C=O) groups is 1. The summed E-state index contributed by atoms with van der Waals surface area (Å²) >= 11 is 0. The molecule has 1 aliphatic heterocycles. The molecule has 7 unspecified atom stereocenters. The quantitative estimate of drug-likeness (QED) is 0.0281. The third kappa shape index (κ3) is 27.0. The molecular weight excluding hydrogens is 695 g/mol. The van der Waals surface area contributed by atoms with Gasteiger partial charge in [-0.15, -0.1) is 0 Å². The van der Waals surface area contributed by atoms with E-state index in [9.17, 15) is 30.3 Å². The van der Waals surface area contributed by atoms with E-state index in [4.69, 9.17) is 9.47 Å². The Bertz CT molecular complexity index is 1080. The Hall–Kier alpha value is -2.37. The SMILES string of the molecule is CC/C=C\C/C=C\C/C=C\C/C=C\C/C=C\CCCCCCCCCCCCCCCC(=O)NC(COC1OC(CO)C(O)C(O)C1O)C(O)/C=C/CCC. The Morgan fingerprint density at radius 2 is 1.13 bits per heavy atom. The molecule has 1 amide bonds. The van der Waals surface area contributed by atoms with E-state index in [0.717, 1.165) is 64.2 Å². The van der Waals surface area contributed by atoms with Crippen LogP contribution in [0.1, 0.15) is 155 Å². The monoisotopic (exact) mass is 774 g/mol. The number of hydrogen-bond donors (Lipinski definition) is 6. The number of ether oxygens (including phenoxy) is 2. The number of unbranched alkanes of at least 4 members (excludes halogenated alkanes) is 14. The van der Waals surface area contributed by atoms with Crippen LogP contribution in [0.15, 0.2) is 72.9 Å². The first-order valence-corrected chi connectivity index (χ1v) is 21.7. The van der Waals surface area contributed by atoms with Crippen LogP contribution in [0.2, 0.25) is 0 Å². The topological polar surface area (TPSA) is 149 Å². The van der Waals surface area contributed by atoms with Gasteiger partial charge in [0.05, 0.1) is 25.4 Å². The Balaban J connectivity index is 2.06. The number of aliphatic hydroxyl groups is 5. The number of carbonyl (C=O) groups excluding carboxylic acids is 1. The molecule has 0 saturated carbocycles. The van der Waals surface area contributed by atoms with Crippen molar-refractivity contribution in [1.82, 2.24) is 5.32 Å². The smallest absolute Gasteiger partial charge is 0.220 e. The van der Waals surface area contributed by atoms with E-state index < -0.39 is 49.5 Å². The normalized spacial score (nSPS) is 22.1. The minimum absolute atomic E-state index is 0.195. The van der Waals surface area contributed by atoms with E-state index in [2.05, 4.69) is 73.0 Å². The maximum absolute atomic E-state index is 12.8. The van der Waals surface area contributed by atoms with Crippen LogP contribution in [-0.4, -0.2) is 87.5 Å². The summed E-state index contributed by atoms with van der Waals surface area (Å²) < 4.78 is 11.0. The Labute approximate surface area is 334 Å². The molecule has 1 fully saturated rings. The molecule has 0 spiro atoms. The van der Waals surface area contributed by atoms with Crippen LogP contribution >= 0.6 is 0 Å². The molecule has 0 aromatic heterocycles. The number of hydrogen-bond acceptors (Lipinski definition) is 8. The molecule has 1 rings (SSSR count). The zero-order valence-electron chi connectivity index (χ0n) is 34.4. The fourth-order valence-corrected chi connectivity index (χ4v) is 6.31. The largest absolute Gasteiger partial charge is 0.394 e. The number of rotatable bonds is 34. The summed E-state index contributed by atoms with van der Waals surface area (Å²) in [6.07, 6.45) is 42.0. The molecular formula is C46H79NO8. The molecule has 9 heteroatoms. The molecule has 0 aromatic rings. The van der Waals surface area contributed by atoms with E-state index >= 15 is 0 Å². The Morgan fingerprint density at radius 3 is 1.64 bits per heavy atom. The highest BCUT2D eigenvalue weighted by atomic mass is 16.7. The second-order valence-corrected chi connectivity index (χ2v) is 14.8. The molecule has 1 aliphatic rings. The van der Waals surface area contributed by atoms with Crippen LogP contribution in [0.3, 0.4) is 0 Å². The van der Waals surface area contributed by atoms with Gasteiger partial charge in [-0.05, 0) is 57.8 Å². The van der Waals surface area contributed by atoms with Crippen molar-refractivity contribution >= 4 is 5.91 Å². The van der Waals surface area contributed by atoms with Crippen molar-refractivity contribution in [3.63, 3.8) is 0 Å². The van der Waals surface area contributed by atoms with Crippen LogP contribution < -0.4 is 5.32 Å². The minimum atomic E-state index is -1.56. The molecule has 1 heterocycles. The summed E-state index contributed by atoms with van der Waals surface area (Å²) in [4.78, 5) is 12.8. The van der Waals surface area contributed by atoms with E-state index in [1.165, 1.54) is 70.6 Å². The summed E-state index contributed by atoms with van der Waals surface area (Å²) in [7, 11) is 0. The minimum Gasteiger partial charge on any atom is -0.394 e. The van der Waals surface area contributed by atoms with Crippen molar-refractivity contribution in [3.05, 3.63) is 72.9 Å². The highest BCUT2D eigenvalue weighted by Crippen LogP contribution is 2.22. The van der Waals surface area contributed by atoms with Gasteiger partial charge in [-0.1, -0.05) is 164 Å². The maximum Gasteiger partial charge on any atom is 0.220 e. The van der Waals surface area contributed by atoms with Gasteiger partial charge in [0.15, 0.2) is 6.29 Å². The van der Waals surface area contributed by atoms with Crippen molar-refractivity contribution in [3.8, 4) is 0 Å². The van der Waals surface area contributed by atoms with Crippen molar-refractivity contribution in [2.24, 2.45) is 0 Å². The summed E-state index contributed by atoms with van der Waals surface area (Å²) in [5.41, 5.74) is 0. The van der Waals surface area contributed by atoms with Crippen molar-refractivity contribution in [2.75, 3.05) is 13.2 Å². The fourth-order valence-electron chi connectivity index (χ4n) is 6.31. The number of amides is 1. The predicted molar refractivity (Wildman–Crippen MR) is 225 cm³/mol.